The fourth-order valence-electron chi connectivity index (χ4n) is 2.07. The van der Waals surface area contributed by atoms with Gasteiger partial charge in [-0.2, -0.15) is 0 Å². The molecule has 2 rings (SSSR count). The van der Waals surface area contributed by atoms with E-state index in [4.69, 9.17) is 0 Å². The van der Waals surface area contributed by atoms with Crippen LogP contribution in [0.1, 0.15) is 13.8 Å². The van der Waals surface area contributed by atoms with Crippen LogP contribution in [0, 0.1) is 0 Å². The number of carbonyl (C=O) groups is 2. The number of nitrogens with zero attached hydrogens (tertiary/aromatic N) is 1. The van der Waals surface area contributed by atoms with Crippen LogP contribution in [-0.4, -0.2) is 39.0 Å². The van der Waals surface area contributed by atoms with Crippen molar-refractivity contribution in [2.45, 2.75) is 36.1 Å². The number of rotatable bonds is 1. The van der Waals surface area contributed by atoms with Gasteiger partial charge in [-0.1, -0.05) is 0 Å². The topological polar surface area (TPSA) is 88.1 Å². The van der Waals surface area contributed by atoms with E-state index in [1.807, 2.05) is 13.8 Å². The van der Waals surface area contributed by atoms with Crippen LogP contribution in [0.25, 0.3) is 0 Å². The molecule has 6 heteroatoms. The molecule has 3 N–H and O–H groups in total. The second kappa shape index (κ2) is 2.64. The molecule has 1 amide bonds. The number of carboxylic acids is 1. The zero-order valence-electron chi connectivity index (χ0n) is 8.02. The first-order valence-electron chi connectivity index (χ1n) is 4.40. The molecule has 0 bridgehead atoms. The quantitative estimate of drug-likeness (QED) is 0.487. The van der Waals surface area contributed by atoms with Crippen molar-refractivity contribution in [3.05, 3.63) is 0 Å². The number of carbonyl (C=O) groups excluding carboxylic acids is 2. The number of carboxylic acid groups (broad SMARTS) is 1. The SMILES string of the molecule is CC1(C)S[C@@H]2[C@@H]([NH3+])C(=O)N2[C@@H]1C(=O)[O-]. The van der Waals surface area contributed by atoms with Crippen LogP contribution in [0.2, 0.25) is 0 Å². The molecule has 0 spiro atoms. The maximum absolute atomic E-state index is 11.4. The zero-order valence-corrected chi connectivity index (χ0v) is 8.84. The maximum Gasteiger partial charge on any atom is 0.285 e. The van der Waals surface area contributed by atoms with Gasteiger partial charge in [0.25, 0.3) is 5.91 Å². The highest BCUT2D eigenvalue weighted by atomic mass is 32.2. The number of fused-ring (bicyclic) bond motifs is 1. The molecule has 2 heterocycles. The van der Waals surface area contributed by atoms with E-state index in [-0.39, 0.29) is 17.3 Å². The van der Waals surface area contributed by atoms with E-state index >= 15 is 0 Å². The summed E-state index contributed by atoms with van der Waals surface area (Å²) in [6.45, 7) is 3.63. The van der Waals surface area contributed by atoms with Gasteiger partial charge < -0.3 is 20.5 Å². The van der Waals surface area contributed by atoms with Gasteiger partial charge in [0.2, 0.25) is 0 Å². The Hall–Kier alpha value is -0.750. The summed E-state index contributed by atoms with van der Waals surface area (Å²) in [6.07, 6.45) is 0. The molecule has 2 aliphatic heterocycles. The first-order valence-corrected chi connectivity index (χ1v) is 5.28. The van der Waals surface area contributed by atoms with E-state index in [9.17, 15) is 14.7 Å². The summed E-state index contributed by atoms with van der Waals surface area (Å²) in [6, 6.07) is -1.12. The van der Waals surface area contributed by atoms with E-state index in [1.54, 1.807) is 0 Å². The Morgan fingerprint density at radius 3 is 2.71 bits per heavy atom. The molecule has 5 nitrogen and oxygen atoms in total. The molecule has 0 aromatic rings. The highest BCUT2D eigenvalue weighted by Gasteiger charge is 2.62. The minimum atomic E-state index is -1.18. The minimum absolute atomic E-state index is 0.0830. The molecule has 0 unspecified atom stereocenters. The van der Waals surface area contributed by atoms with E-state index in [0.717, 1.165) is 0 Å². The van der Waals surface area contributed by atoms with Crippen molar-refractivity contribution in [2.24, 2.45) is 0 Å². The lowest BCUT2D eigenvalue weighted by Crippen LogP contribution is -2.83. The summed E-state index contributed by atoms with van der Waals surface area (Å²) in [4.78, 5) is 23.7. The van der Waals surface area contributed by atoms with E-state index in [1.165, 1.54) is 16.7 Å². The van der Waals surface area contributed by atoms with Crippen molar-refractivity contribution >= 4 is 23.6 Å². The van der Waals surface area contributed by atoms with Gasteiger partial charge in [-0.15, -0.1) is 11.8 Å². The third-order valence-corrected chi connectivity index (χ3v) is 4.40. The second-order valence-electron chi connectivity index (χ2n) is 4.19. The first-order chi connectivity index (χ1) is 6.36. The second-order valence-corrected chi connectivity index (χ2v) is 5.96. The molecule has 2 saturated heterocycles. The first kappa shape index (κ1) is 9.79. The fraction of sp³-hybridized carbons (Fsp3) is 0.750. The van der Waals surface area contributed by atoms with Gasteiger partial charge >= 0.3 is 0 Å². The van der Waals surface area contributed by atoms with Crippen LogP contribution in [0.3, 0.4) is 0 Å². The lowest BCUT2D eigenvalue weighted by Gasteiger charge is -2.40. The van der Waals surface area contributed by atoms with Gasteiger partial charge in [-0.25, -0.2) is 0 Å². The smallest absolute Gasteiger partial charge is 0.285 e. The molecule has 78 valence electrons. The van der Waals surface area contributed by atoms with E-state index < -0.39 is 16.8 Å². The number of hydrogen-bond acceptors (Lipinski definition) is 4. The van der Waals surface area contributed by atoms with Crippen molar-refractivity contribution in [1.82, 2.24) is 4.90 Å². The lowest BCUT2D eigenvalue weighted by molar-refractivity contribution is -0.426. The Kier molecular flexibility index (Phi) is 1.84. The number of hydrogen-bond donors (Lipinski definition) is 1. The van der Waals surface area contributed by atoms with Gasteiger partial charge in [0.1, 0.15) is 5.37 Å². The molecular formula is C8H12N2O3S. The lowest BCUT2D eigenvalue weighted by atomic mass is 9.96. The molecule has 0 saturated carbocycles. The molecule has 2 aliphatic rings. The van der Waals surface area contributed by atoms with Crippen molar-refractivity contribution in [3.8, 4) is 0 Å². The maximum atomic E-state index is 11.4. The number of quaternary nitrogens is 1. The van der Waals surface area contributed by atoms with Gasteiger partial charge in [-0.05, 0) is 13.8 Å². The van der Waals surface area contributed by atoms with Crippen LogP contribution in [-0.2, 0) is 9.59 Å². The third-order valence-electron chi connectivity index (χ3n) is 2.77. The zero-order chi connectivity index (χ0) is 10.7. The number of thioether (sulfide) groups is 1. The Morgan fingerprint density at radius 2 is 2.21 bits per heavy atom. The van der Waals surface area contributed by atoms with Crippen LogP contribution < -0.4 is 10.8 Å². The molecule has 0 aromatic carbocycles. The summed E-state index contributed by atoms with van der Waals surface area (Å²) in [7, 11) is 0. The molecule has 0 aliphatic carbocycles. The highest BCUT2D eigenvalue weighted by molar-refractivity contribution is 8.01. The molecule has 0 aromatic heterocycles. The summed E-state index contributed by atoms with van der Waals surface area (Å²) >= 11 is 1.49. The highest BCUT2D eigenvalue weighted by Crippen LogP contribution is 2.49. The largest absolute Gasteiger partial charge is 0.548 e. The van der Waals surface area contributed by atoms with Gasteiger partial charge in [0, 0.05) is 4.75 Å². The Bertz CT molecular complexity index is 318. The Morgan fingerprint density at radius 1 is 1.64 bits per heavy atom. The van der Waals surface area contributed by atoms with Crippen LogP contribution >= 0.6 is 11.8 Å². The van der Waals surface area contributed by atoms with Gasteiger partial charge in [0.05, 0.1) is 12.0 Å². The van der Waals surface area contributed by atoms with Crippen molar-refractivity contribution < 1.29 is 20.4 Å². The number of aliphatic carboxylic acids is 1. The van der Waals surface area contributed by atoms with Crippen LogP contribution in [0.15, 0.2) is 0 Å². The van der Waals surface area contributed by atoms with Crippen molar-refractivity contribution in [3.63, 3.8) is 0 Å². The normalized spacial score (nSPS) is 39.2. The molecule has 3 atom stereocenters. The predicted octanol–water partition coefficient (Wildman–Crippen LogP) is -2.59. The summed E-state index contributed by atoms with van der Waals surface area (Å²) in [5, 5.41) is 10.8. The Labute approximate surface area is 85.6 Å². The third kappa shape index (κ3) is 1.01. The summed E-state index contributed by atoms with van der Waals surface area (Å²) in [5.41, 5.74) is 3.70. The average molecular weight is 216 g/mol. The fourth-order valence-corrected chi connectivity index (χ4v) is 3.65. The van der Waals surface area contributed by atoms with Gasteiger partial charge in [-0.3, -0.25) is 4.79 Å². The summed E-state index contributed by atoms with van der Waals surface area (Å²) < 4.78 is -0.481. The van der Waals surface area contributed by atoms with Crippen LogP contribution in [0.5, 0.6) is 0 Å². The number of β-lactam (4-membered cyclic amide) rings is 1. The van der Waals surface area contributed by atoms with E-state index in [2.05, 4.69) is 5.73 Å². The molecule has 0 radical (unpaired) electrons. The van der Waals surface area contributed by atoms with E-state index in [0.29, 0.717) is 0 Å². The average Bonchev–Trinajstić information content (AvgIpc) is 2.34. The number of amides is 1. The summed E-state index contributed by atoms with van der Waals surface area (Å²) in [5.74, 6) is -1.35. The Balaban J connectivity index is 2.32. The predicted molar refractivity (Wildman–Crippen MR) is 47.8 cm³/mol. The minimum Gasteiger partial charge on any atom is -0.548 e. The standard InChI is InChI=1S/C8H12N2O3S/c1-8(2)4(7(12)13)10-5(11)3(9)6(10)14-8/h3-4,6H,9H2,1-2H3,(H,12,13)/t3-,4+,6+/m0/s1. The van der Waals surface area contributed by atoms with Gasteiger partial charge in [0.15, 0.2) is 6.04 Å². The van der Waals surface area contributed by atoms with Crippen molar-refractivity contribution in [1.29, 1.82) is 0 Å². The van der Waals surface area contributed by atoms with Crippen molar-refractivity contribution in [2.75, 3.05) is 0 Å². The molecular weight excluding hydrogens is 204 g/mol. The molecule has 14 heavy (non-hydrogen) atoms. The van der Waals surface area contributed by atoms with Crippen LogP contribution in [0.4, 0.5) is 0 Å². The molecule has 2 fully saturated rings. The monoisotopic (exact) mass is 216 g/mol.